The standard InChI is InChI=1S/C25H27N3O2S2.ClH/c29-24-21(13-6-2-5-12-20-10-3-1-4-11-20)32-25(30)28(24)17-7-8-19-31-23-15-9-14-22-26-16-18-27(22)23;/h1,3-4,9-11,13-16,18H,2,5-8,12,17,19H2;1H. The molecule has 0 N–H and O–H groups in total. The predicted molar refractivity (Wildman–Crippen MR) is 139 cm³/mol. The summed E-state index contributed by atoms with van der Waals surface area (Å²) in [6, 6.07) is 16.5. The molecular weight excluding hydrogens is 474 g/mol. The second-order valence-corrected chi connectivity index (χ2v) is 9.81. The van der Waals surface area contributed by atoms with Gasteiger partial charge in [0, 0.05) is 18.9 Å². The van der Waals surface area contributed by atoms with Crippen molar-refractivity contribution in [2.45, 2.75) is 43.6 Å². The number of aryl methyl sites for hydroxylation is 1. The van der Waals surface area contributed by atoms with E-state index in [1.807, 2.05) is 30.5 Å². The van der Waals surface area contributed by atoms with Gasteiger partial charge in [0.15, 0.2) is 0 Å². The molecule has 0 bridgehead atoms. The van der Waals surface area contributed by atoms with Gasteiger partial charge in [0.25, 0.3) is 11.1 Å². The third-order valence-corrected chi connectivity index (χ3v) is 7.46. The van der Waals surface area contributed by atoms with E-state index in [0.29, 0.717) is 11.4 Å². The molecule has 0 radical (unpaired) electrons. The Labute approximate surface area is 209 Å². The van der Waals surface area contributed by atoms with E-state index in [-0.39, 0.29) is 23.6 Å². The first-order chi connectivity index (χ1) is 15.7. The average Bonchev–Trinajstić information content (AvgIpc) is 3.39. The summed E-state index contributed by atoms with van der Waals surface area (Å²) in [7, 11) is 0. The van der Waals surface area contributed by atoms with Crippen molar-refractivity contribution in [3.8, 4) is 0 Å². The summed E-state index contributed by atoms with van der Waals surface area (Å²) >= 11 is 2.85. The average molecular weight is 502 g/mol. The van der Waals surface area contributed by atoms with Crippen LogP contribution in [-0.2, 0) is 11.2 Å². The zero-order valence-electron chi connectivity index (χ0n) is 18.4. The van der Waals surface area contributed by atoms with E-state index in [1.165, 1.54) is 10.5 Å². The van der Waals surface area contributed by atoms with Gasteiger partial charge in [0.1, 0.15) is 5.65 Å². The molecule has 0 spiro atoms. The number of carbonyl (C=O) groups excluding carboxylic acids is 2. The lowest BCUT2D eigenvalue weighted by Gasteiger charge is -2.12. The normalized spacial score (nSPS) is 14.9. The molecule has 3 heterocycles. The van der Waals surface area contributed by atoms with Gasteiger partial charge in [-0.1, -0.05) is 42.5 Å². The Morgan fingerprint density at radius 1 is 0.970 bits per heavy atom. The number of fused-ring (bicyclic) bond motifs is 1. The number of imidazole rings is 1. The van der Waals surface area contributed by atoms with Crippen LogP contribution in [0.2, 0.25) is 0 Å². The molecule has 1 aromatic carbocycles. The first kappa shape index (κ1) is 25.4. The van der Waals surface area contributed by atoms with Crippen LogP contribution >= 0.6 is 35.9 Å². The Morgan fingerprint density at radius 3 is 2.67 bits per heavy atom. The number of thioether (sulfide) groups is 2. The van der Waals surface area contributed by atoms with Crippen molar-refractivity contribution in [2.75, 3.05) is 12.3 Å². The second-order valence-electron chi connectivity index (χ2n) is 7.70. The summed E-state index contributed by atoms with van der Waals surface area (Å²) in [5.74, 6) is 0.809. The highest BCUT2D eigenvalue weighted by molar-refractivity contribution is 8.18. The number of carbonyl (C=O) groups is 2. The van der Waals surface area contributed by atoms with E-state index >= 15 is 0 Å². The molecule has 1 aliphatic rings. The molecule has 174 valence electrons. The second kappa shape index (κ2) is 12.9. The molecule has 4 rings (SSSR count). The summed E-state index contributed by atoms with van der Waals surface area (Å²) in [6.07, 6.45) is 11.4. The summed E-state index contributed by atoms with van der Waals surface area (Å²) in [6.45, 7) is 0.492. The van der Waals surface area contributed by atoms with Crippen molar-refractivity contribution >= 4 is 52.7 Å². The van der Waals surface area contributed by atoms with Crippen LogP contribution in [0.3, 0.4) is 0 Å². The number of allylic oxidation sites excluding steroid dienone is 1. The highest BCUT2D eigenvalue weighted by Crippen LogP contribution is 2.31. The zero-order valence-corrected chi connectivity index (χ0v) is 20.8. The lowest BCUT2D eigenvalue weighted by molar-refractivity contribution is -0.122. The van der Waals surface area contributed by atoms with Gasteiger partial charge in [0.2, 0.25) is 0 Å². The molecule has 2 aromatic heterocycles. The number of pyridine rings is 1. The van der Waals surface area contributed by atoms with Crippen LogP contribution in [0.1, 0.15) is 37.7 Å². The van der Waals surface area contributed by atoms with Crippen molar-refractivity contribution in [3.05, 3.63) is 77.5 Å². The van der Waals surface area contributed by atoms with Gasteiger partial charge in [-0.15, -0.1) is 24.2 Å². The molecule has 0 unspecified atom stereocenters. The molecule has 0 atom stereocenters. The molecule has 1 saturated heterocycles. The van der Waals surface area contributed by atoms with Crippen LogP contribution in [0.25, 0.3) is 5.65 Å². The summed E-state index contributed by atoms with van der Waals surface area (Å²) in [5, 5.41) is 1.02. The molecule has 0 aliphatic carbocycles. The van der Waals surface area contributed by atoms with Crippen molar-refractivity contribution in [3.63, 3.8) is 0 Å². The van der Waals surface area contributed by atoms with E-state index in [1.54, 1.807) is 18.0 Å². The van der Waals surface area contributed by atoms with Crippen LogP contribution in [0.15, 0.2) is 76.9 Å². The smallest absolute Gasteiger partial charge is 0.293 e. The maximum Gasteiger partial charge on any atom is 0.293 e. The molecule has 33 heavy (non-hydrogen) atoms. The number of hydrogen-bond acceptors (Lipinski definition) is 5. The highest BCUT2D eigenvalue weighted by atomic mass is 35.5. The number of benzene rings is 1. The van der Waals surface area contributed by atoms with Crippen LogP contribution in [0.5, 0.6) is 0 Å². The van der Waals surface area contributed by atoms with Gasteiger partial charge in [-0.05, 0) is 73.7 Å². The Hall–Kier alpha value is -2.22. The van der Waals surface area contributed by atoms with Gasteiger partial charge in [-0.2, -0.15) is 0 Å². The number of amides is 2. The molecule has 1 fully saturated rings. The van der Waals surface area contributed by atoms with E-state index in [2.05, 4.69) is 39.7 Å². The van der Waals surface area contributed by atoms with Gasteiger partial charge in [-0.3, -0.25) is 18.9 Å². The monoisotopic (exact) mass is 501 g/mol. The van der Waals surface area contributed by atoms with Crippen LogP contribution in [0, 0.1) is 0 Å². The van der Waals surface area contributed by atoms with E-state index in [0.717, 1.165) is 66.7 Å². The van der Waals surface area contributed by atoms with Crippen LogP contribution in [-0.4, -0.2) is 37.7 Å². The van der Waals surface area contributed by atoms with Crippen molar-refractivity contribution < 1.29 is 9.59 Å². The minimum absolute atomic E-state index is 0. The Bertz CT molecular complexity index is 1100. The fourth-order valence-corrected chi connectivity index (χ4v) is 5.57. The zero-order chi connectivity index (χ0) is 22.2. The minimum Gasteiger partial charge on any atom is -0.294 e. The lowest BCUT2D eigenvalue weighted by atomic mass is 10.1. The Balaban J connectivity index is 0.00000306. The van der Waals surface area contributed by atoms with Gasteiger partial charge < -0.3 is 0 Å². The number of imide groups is 1. The topological polar surface area (TPSA) is 54.7 Å². The van der Waals surface area contributed by atoms with Gasteiger partial charge in [0.05, 0.1) is 9.93 Å². The van der Waals surface area contributed by atoms with Crippen molar-refractivity contribution in [1.29, 1.82) is 0 Å². The lowest BCUT2D eigenvalue weighted by Crippen LogP contribution is -2.29. The molecule has 2 amide bonds. The van der Waals surface area contributed by atoms with E-state index < -0.39 is 0 Å². The predicted octanol–water partition coefficient (Wildman–Crippen LogP) is 6.62. The highest BCUT2D eigenvalue weighted by Gasteiger charge is 2.34. The quantitative estimate of drug-likeness (QED) is 0.168. The number of rotatable bonds is 11. The maximum absolute atomic E-state index is 12.6. The first-order valence-electron chi connectivity index (χ1n) is 11.0. The van der Waals surface area contributed by atoms with E-state index in [9.17, 15) is 9.59 Å². The molecule has 5 nitrogen and oxygen atoms in total. The fourth-order valence-electron chi connectivity index (χ4n) is 3.67. The largest absolute Gasteiger partial charge is 0.294 e. The molecule has 8 heteroatoms. The molecule has 0 saturated carbocycles. The molecule has 1 aliphatic heterocycles. The van der Waals surface area contributed by atoms with Gasteiger partial charge >= 0.3 is 0 Å². The van der Waals surface area contributed by atoms with Crippen molar-refractivity contribution in [1.82, 2.24) is 14.3 Å². The Kier molecular flexibility index (Phi) is 9.91. The van der Waals surface area contributed by atoms with Crippen LogP contribution in [0.4, 0.5) is 4.79 Å². The van der Waals surface area contributed by atoms with Crippen LogP contribution < -0.4 is 0 Å². The molecular formula is C25H28ClN3O2S2. The number of halogens is 1. The minimum atomic E-state index is -0.138. The number of unbranched alkanes of at least 4 members (excludes halogenated alkanes) is 3. The number of hydrogen-bond donors (Lipinski definition) is 0. The van der Waals surface area contributed by atoms with Gasteiger partial charge in [-0.25, -0.2) is 4.98 Å². The fraction of sp³-hybridized carbons (Fsp3) is 0.320. The van der Waals surface area contributed by atoms with Crippen molar-refractivity contribution in [2.24, 2.45) is 0 Å². The third-order valence-electron chi connectivity index (χ3n) is 5.38. The SMILES string of the molecule is Cl.O=C1SC(=CCCCCc2ccccc2)C(=O)N1CCCCSc1cccc2nccn12. The summed E-state index contributed by atoms with van der Waals surface area (Å²) in [5.41, 5.74) is 2.28. The summed E-state index contributed by atoms with van der Waals surface area (Å²) < 4.78 is 2.08. The number of nitrogens with zero attached hydrogens (tertiary/aromatic N) is 3. The third kappa shape index (κ3) is 6.88. The Morgan fingerprint density at radius 2 is 1.82 bits per heavy atom. The molecule has 3 aromatic rings. The van der Waals surface area contributed by atoms with E-state index in [4.69, 9.17) is 0 Å². The summed E-state index contributed by atoms with van der Waals surface area (Å²) in [4.78, 5) is 31.2. The maximum atomic E-state index is 12.6. The number of aromatic nitrogens is 2. The first-order valence-corrected chi connectivity index (χ1v) is 12.9.